The molecule has 0 bridgehead atoms. The van der Waals surface area contributed by atoms with E-state index in [0.29, 0.717) is 32.9 Å². The Morgan fingerprint density at radius 1 is 1.00 bits per heavy atom. The number of nitrogens with zero attached hydrogens (tertiary/aromatic N) is 2. The number of amides is 2. The molecule has 0 spiro atoms. The van der Waals surface area contributed by atoms with Crippen LogP contribution in [0.15, 0.2) is 42.5 Å². The second-order valence-electron chi connectivity index (χ2n) is 8.99. The van der Waals surface area contributed by atoms with Crippen LogP contribution in [0.3, 0.4) is 0 Å². The van der Waals surface area contributed by atoms with Gasteiger partial charge in [-0.1, -0.05) is 60.8 Å². The zero-order valence-corrected chi connectivity index (χ0v) is 23.9. The average molecular weight is 577 g/mol. The zero-order chi connectivity index (χ0) is 27.0. The molecule has 0 radical (unpaired) electrons. The SMILES string of the molecule is CC(C)CNC(=O)[C@@H](C)N(Cc1ccc(Cl)cc1Cl)C(=O)CCCN(c1cccc(Cl)c1)S(C)(=O)=O. The quantitative estimate of drug-likeness (QED) is 0.367. The lowest BCUT2D eigenvalue weighted by molar-refractivity contribution is -0.140. The van der Waals surface area contributed by atoms with E-state index in [1.807, 2.05) is 13.8 Å². The molecule has 0 heterocycles. The Morgan fingerprint density at radius 2 is 1.67 bits per heavy atom. The Labute approximate surface area is 228 Å². The number of rotatable bonds is 12. The molecule has 2 amide bonds. The van der Waals surface area contributed by atoms with Crippen molar-refractivity contribution in [2.45, 2.75) is 46.2 Å². The van der Waals surface area contributed by atoms with Gasteiger partial charge in [0.25, 0.3) is 0 Å². The van der Waals surface area contributed by atoms with Crippen molar-refractivity contribution in [3.05, 3.63) is 63.1 Å². The highest BCUT2D eigenvalue weighted by Crippen LogP contribution is 2.25. The highest BCUT2D eigenvalue weighted by molar-refractivity contribution is 7.92. The van der Waals surface area contributed by atoms with Gasteiger partial charge in [0, 0.05) is 41.1 Å². The minimum atomic E-state index is -3.60. The Hall–Kier alpha value is -2.00. The molecule has 7 nitrogen and oxygen atoms in total. The number of sulfonamides is 1. The summed E-state index contributed by atoms with van der Waals surface area (Å²) in [6, 6.07) is 10.7. The molecule has 0 saturated carbocycles. The van der Waals surface area contributed by atoms with Crippen LogP contribution in [0.1, 0.15) is 39.2 Å². The number of anilines is 1. The van der Waals surface area contributed by atoms with Gasteiger partial charge in [-0.25, -0.2) is 8.42 Å². The summed E-state index contributed by atoms with van der Waals surface area (Å²) in [5.74, 6) is -0.323. The average Bonchev–Trinajstić information content (AvgIpc) is 2.78. The highest BCUT2D eigenvalue weighted by atomic mass is 35.5. The summed E-state index contributed by atoms with van der Waals surface area (Å²) in [6.45, 7) is 6.29. The molecular weight excluding hydrogens is 545 g/mol. The van der Waals surface area contributed by atoms with Crippen LogP contribution >= 0.6 is 34.8 Å². The van der Waals surface area contributed by atoms with E-state index in [0.717, 1.165) is 6.26 Å². The number of halogens is 3. The second kappa shape index (κ2) is 13.5. The lowest BCUT2D eigenvalue weighted by atomic mass is 10.1. The number of hydrogen-bond donors (Lipinski definition) is 1. The third kappa shape index (κ3) is 9.14. The van der Waals surface area contributed by atoms with Gasteiger partial charge >= 0.3 is 0 Å². The van der Waals surface area contributed by atoms with Crippen molar-refractivity contribution in [3.8, 4) is 0 Å². The molecule has 0 aromatic heterocycles. The number of nitrogens with one attached hydrogen (secondary N) is 1. The first-order valence-corrected chi connectivity index (χ1v) is 14.5. The number of benzene rings is 2. The fourth-order valence-electron chi connectivity index (χ4n) is 3.50. The summed E-state index contributed by atoms with van der Waals surface area (Å²) in [6.07, 6.45) is 1.37. The molecule has 0 aliphatic heterocycles. The number of hydrogen-bond acceptors (Lipinski definition) is 4. The lowest BCUT2D eigenvalue weighted by Gasteiger charge is -2.30. The predicted molar refractivity (Wildman–Crippen MR) is 147 cm³/mol. The van der Waals surface area contributed by atoms with Gasteiger partial charge in [0.1, 0.15) is 6.04 Å². The van der Waals surface area contributed by atoms with Crippen LogP contribution in [0.5, 0.6) is 0 Å². The fourth-order valence-corrected chi connectivity index (χ4v) is 5.11. The third-order valence-corrected chi connectivity index (χ3v) is 7.47. The Balaban J connectivity index is 2.20. The molecule has 2 aromatic rings. The Morgan fingerprint density at radius 3 is 2.25 bits per heavy atom. The molecule has 0 saturated heterocycles. The maximum atomic E-state index is 13.3. The van der Waals surface area contributed by atoms with E-state index in [1.165, 1.54) is 9.21 Å². The van der Waals surface area contributed by atoms with Crippen molar-refractivity contribution in [1.29, 1.82) is 0 Å². The van der Waals surface area contributed by atoms with Crippen LogP contribution in [0.4, 0.5) is 5.69 Å². The molecule has 2 aromatic carbocycles. The summed E-state index contributed by atoms with van der Waals surface area (Å²) in [5, 5.41) is 4.12. The molecule has 0 fully saturated rings. The van der Waals surface area contributed by atoms with E-state index in [4.69, 9.17) is 34.8 Å². The molecule has 2 rings (SSSR count). The summed E-state index contributed by atoms with van der Waals surface area (Å²) in [4.78, 5) is 27.6. The maximum absolute atomic E-state index is 13.3. The third-order valence-electron chi connectivity index (χ3n) is 5.46. The van der Waals surface area contributed by atoms with E-state index in [1.54, 1.807) is 49.4 Å². The van der Waals surface area contributed by atoms with Crippen molar-refractivity contribution in [2.75, 3.05) is 23.7 Å². The molecule has 36 heavy (non-hydrogen) atoms. The molecule has 1 atom stereocenters. The monoisotopic (exact) mass is 575 g/mol. The summed E-state index contributed by atoms with van der Waals surface area (Å²) in [7, 11) is -3.60. The highest BCUT2D eigenvalue weighted by Gasteiger charge is 2.27. The van der Waals surface area contributed by atoms with Crippen molar-refractivity contribution in [3.63, 3.8) is 0 Å². The molecule has 198 valence electrons. The van der Waals surface area contributed by atoms with Crippen LogP contribution < -0.4 is 9.62 Å². The predicted octanol–water partition coefficient (Wildman–Crippen LogP) is 5.38. The van der Waals surface area contributed by atoms with Gasteiger partial charge in [0.2, 0.25) is 21.8 Å². The van der Waals surface area contributed by atoms with Crippen molar-refractivity contribution in [2.24, 2.45) is 5.92 Å². The first-order chi connectivity index (χ1) is 16.8. The van der Waals surface area contributed by atoms with Gasteiger partial charge < -0.3 is 10.2 Å². The largest absolute Gasteiger partial charge is 0.354 e. The first-order valence-electron chi connectivity index (χ1n) is 11.5. The number of carbonyl (C=O) groups excluding carboxylic acids is 2. The fraction of sp³-hybridized carbons (Fsp3) is 0.440. The van der Waals surface area contributed by atoms with Crippen LogP contribution in [0, 0.1) is 5.92 Å². The van der Waals surface area contributed by atoms with Crippen LogP contribution in [-0.2, 0) is 26.2 Å². The van der Waals surface area contributed by atoms with Crippen molar-refractivity contribution >= 4 is 62.3 Å². The van der Waals surface area contributed by atoms with E-state index in [2.05, 4.69) is 5.32 Å². The van der Waals surface area contributed by atoms with E-state index >= 15 is 0 Å². The standard InChI is InChI=1S/C25H32Cl3N3O4S/c1-17(2)15-29-25(33)18(3)30(16-19-10-11-21(27)14-23(19)28)24(32)9-6-12-31(36(4,34)35)22-8-5-7-20(26)13-22/h5,7-8,10-11,13-14,17-18H,6,9,12,15-16H2,1-4H3,(H,29,33)/t18-/m1/s1. The molecule has 1 N–H and O–H groups in total. The van der Waals surface area contributed by atoms with E-state index in [-0.39, 0.29) is 43.7 Å². The molecule has 0 aliphatic carbocycles. The van der Waals surface area contributed by atoms with E-state index < -0.39 is 16.1 Å². The van der Waals surface area contributed by atoms with Gasteiger partial charge in [-0.2, -0.15) is 0 Å². The van der Waals surface area contributed by atoms with Crippen LogP contribution in [0.2, 0.25) is 15.1 Å². The molecular formula is C25H32Cl3N3O4S. The van der Waals surface area contributed by atoms with Crippen LogP contribution in [0.25, 0.3) is 0 Å². The van der Waals surface area contributed by atoms with Crippen molar-refractivity contribution < 1.29 is 18.0 Å². The topological polar surface area (TPSA) is 86.8 Å². The summed E-state index contributed by atoms with van der Waals surface area (Å²) < 4.78 is 26.0. The minimum Gasteiger partial charge on any atom is -0.354 e. The molecule has 0 aliphatic rings. The second-order valence-corrected chi connectivity index (χ2v) is 12.2. The number of carbonyl (C=O) groups is 2. The summed E-state index contributed by atoms with van der Waals surface area (Å²) in [5.41, 5.74) is 1.07. The van der Waals surface area contributed by atoms with Crippen LogP contribution in [-0.4, -0.2) is 50.5 Å². The van der Waals surface area contributed by atoms with Gasteiger partial charge in [0.05, 0.1) is 11.9 Å². The Kier molecular flexibility index (Phi) is 11.3. The Bertz CT molecular complexity index is 1170. The summed E-state index contributed by atoms with van der Waals surface area (Å²) >= 11 is 18.4. The minimum absolute atomic E-state index is 0.0274. The first kappa shape index (κ1) is 30.2. The maximum Gasteiger partial charge on any atom is 0.242 e. The van der Waals surface area contributed by atoms with Gasteiger partial charge in [-0.15, -0.1) is 0 Å². The van der Waals surface area contributed by atoms with E-state index in [9.17, 15) is 18.0 Å². The molecule has 11 heteroatoms. The lowest BCUT2D eigenvalue weighted by Crippen LogP contribution is -2.48. The van der Waals surface area contributed by atoms with Crippen molar-refractivity contribution in [1.82, 2.24) is 10.2 Å². The normalized spacial score (nSPS) is 12.3. The zero-order valence-electron chi connectivity index (χ0n) is 20.8. The van der Waals surface area contributed by atoms with Gasteiger partial charge in [0.15, 0.2) is 0 Å². The smallest absolute Gasteiger partial charge is 0.242 e. The molecule has 0 unspecified atom stereocenters. The van der Waals surface area contributed by atoms with Gasteiger partial charge in [-0.3, -0.25) is 13.9 Å². The van der Waals surface area contributed by atoms with Gasteiger partial charge in [-0.05, 0) is 55.2 Å².